The zero-order valence-electron chi connectivity index (χ0n) is 6.81. The van der Waals surface area contributed by atoms with E-state index in [2.05, 4.69) is 6.92 Å². The lowest BCUT2D eigenvalue weighted by Crippen LogP contribution is -2.10. The van der Waals surface area contributed by atoms with Gasteiger partial charge in [-0.3, -0.25) is 0 Å². The number of ether oxygens (including phenoxy) is 1. The van der Waals surface area contributed by atoms with E-state index in [0.29, 0.717) is 4.75 Å². The molecule has 2 heteroatoms. The third-order valence-electron chi connectivity index (χ3n) is 1.34. The Hall–Kier alpha value is -0.110. The molecule has 0 N–H and O–H groups in total. The zero-order valence-corrected chi connectivity index (χ0v) is 7.62. The van der Waals surface area contributed by atoms with Crippen molar-refractivity contribution in [2.75, 3.05) is 12.4 Å². The third-order valence-corrected chi connectivity index (χ3v) is 2.74. The lowest BCUT2D eigenvalue weighted by Gasteiger charge is -2.04. The van der Waals surface area contributed by atoms with Crippen LogP contribution in [0.3, 0.4) is 0 Å². The van der Waals surface area contributed by atoms with Gasteiger partial charge in [-0.15, -0.1) is 11.8 Å². The van der Waals surface area contributed by atoms with Gasteiger partial charge in [-0.1, -0.05) is 0 Å². The monoisotopic (exact) mass is 158 g/mol. The van der Waals surface area contributed by atoms with Crippen LogP contribution in [0.2, 0.25) is 0 Å². The van der Waals surface area contributed by atoms with E-state index < -0.39 is 0 Å². The Morgan fingerprint density at radius 3 is 2.70 bits per heavy atom. The summed E-state index contributed by atoms with van der Waals surface area (Å²) in [4.78, 5) is 0. The van der Waals surface area contributed by atoms with Crippen LogP contribution in [0.4, 0.5) is 0 Å². The lowest BCUT2D eigenvalue weighted by atomic mass is 10.2. The predicted molar refractivity (Wildman–Crippen MR) is 46.2 cm³/mol. The van der Waals surface area contributed by atoms with Gasteiger partial charge in [0.05, 0.1) is 11.0 Å². The van der Waals surface area contributed by atoms with Gasteiger partial charge in [0.2, 0.25) is 0 Å². The molecule has 0 bridgehead atoms. The Balaban J connectivity index is 2.11. The van der Waals surface area contributed by atoms with Crippen LogP contribution in [0, 0.1) is 0 Å². The number of thioether (sulfide) groups is 1. The highest BCUT2D eigenvalue weighted by molar-refractivity contribution is 8.07. The maximum Gasteiger partial charge on any atom is 0.102 e. The molecule has 1 heterocycles. The van der Waals surface area contributed by atoms with E-state index in [-0.39, 0.29) is 0 Å². The molecular formula is C8H14OS. The van der Waals surface area contributed by atoms with Crippen molar-refractivity contribution in [3.63, 3.8) is 0 Å². The van der Waals surface area contributed by atoms with Crippen molar-refractivity contribution >= 4 is 11.8 Å². The van der Waals surface area contributed by atoms with Gasteiger partial charge < -0.3 is 4.74 Å². The van der Waals surface area contributed by atoms with Gasteiger partial charge in [0.1, 0.15) is 6.61 Å². The Morgan fingerprint density at radius 1 is 1.70 bits per heavy atom. The van der Waals surface area contributed by atoms with Gasteiger partial charge in [0, 0.05) is 5.75 Å². The van der Waals surface area contributed by atoms with Crippen molar-refractivity contribution in [2.24, 2.45) is 0 Å². The molecule has 0 amide bonds. The van der Waals surface area contributed by atoms with Gasteiger partial charge in [-0.25, -0.2) is 0 Å². The molecule has 0 radical (unpaired) electrons. The molecule has 0 aromatic heterocycles. The molecule has 0 spiro atoms. The average Bonchev–Trinajstić information content (AvgIpc) is 2.47. The van der Waals surface area contributed by atoms with E-state index in [4.69, 9.17) is 4.74 Å². The summed E-state index contributed by atoms with van der Waals surface area (Å²) in [6.45, 7) is 7.18. The quantitative estimate of drug-likeness (QED) is 0.461. The Bertz CT molecular complexity index is 143. The van der Waals surface area contributed by atoms with E-state index in [9.17, 15) is 0 Å². The first kappa shape index (κ1) is 7.99. The topological polar surface area (TPSA) is 9.23 Å². The molecule has 1 fully saturated rings. The first-order valence-electron chi connectivity index (χ1n) is 3.51. The summed E-state index contributed by atoms with van der Waals surface area (Å²) < 4.78 is 5.78. The second kappa shape index (κ2) is 2.87. The number of hydrogen-bond acceptors (Lipinski definition) is 2. The van der Waals surface area contributed by atoms with Crippen molar-refractivity contribution < 1.29 is 4.74 Å². The maximum absolute atomic E-state index is 5.34. The van der Waals surface area contributed by atoms with Crippen molar-refractivity contribution in [3.8, 4) is 0 Å². The van der Waals surface area contributed by atoms with Crippen LogP contribution in [0.15, 0.2) is 11.8 Å². The minimum atomic E-state index is 0.436. The van der Waals surface area contributed by atoms with Gasteiger partial charge >= 0.3 is 0 Å². The van der Waals surface area contributed by atoms with Gasteiger partial charge in [0.15, 0.2) is 0 Å². The fraction of sp³-hybridized carbons (Fsp3) is 0.750. The zero-order chi connectivity index (χ0) is 7.61. The van der Waals surface area contributed by atoms with Crippen LogP contribution in [0.25, 0.3) is 0 Å². The van der Waals surface area contributed by atoms with E-state index in [1.54, 1.807) is 0 Å². The summed E-state index contributed by atoms with van der Waals surface area (Å²) in [6, 6.07) is 0. The van der Waals surface area contributed by atoms with Crippen molar-refractivity contribution in [3.05, 3.63) is 11.8 Å². The van der Waals surface area contributed by atoms with Crippen LogP contribution in [0.5, 0.6) is 0 Å². The third kappa shape index (κ3) is 2.65. The first-order valence-corrected chi connectivity index (χ1v) is 4.50. The highest BCUT2D eigenvalue weighted by Gasteiger charge is 2.39. The molecular weight excluding hydrogens is 144 g/mol. The fourth-order valence-electron chi connectivity index (χ4n) is 0.591. The SMILES string of the molecule is CC(C)=COCC1(C)CS1. The summed E-state index contributed by atoms with van der Waals surface area (Å²) in [5, 5.41) is 0. The molecule has 58 valence electrons. The predicted octanol–water partition coefficient (Wildman–Crippen LogP) is 2.43. The maximum atomic E-state index is 5.34. The molecule has 0 saturated carbocycles. The number of hydrogen-bond donors (Lipinski definition) is 0. The second-order valence-corrected chi connectivity index (χ2v) is 4.81. The van der Waals surface area contributed by atoms with Crippen LogP contribution < -0.4 is 0 Å². The summed E-state index contributed by atoms with van der Waals surface area (Å²) in [5.41, 5.74) is 1.23. The normalized spacial score (nSPS) is 29.5. The van der Waals surface area contributed by atoms with Gasteiger partial charge in [-0.05, 0) is 26.3 Å². The molecule has 1 nitrogen and oxygen atoms in total. The molecule has 1 aliphatic rings. The molecule has 1 atom stereocenters. The van der Waals surface area contributed by atoms with Crippen molar-refractivity contribution in [2.45, 2.75) is 25.5 Å². The molecule has 0 aliphatic carbocycles. The first-order chi connectivity index (χ1) is 4.62. The van der Waals surface area contributed by atoms with E-state index in [1.807, 2.05) is 31.9 Å². The van der Waals surface area contributed by atoms with Gasteiger partial charge in [-0.2, -0.15) is 0 Å². The molecule has 1 rings (SSSR count). The highest BCUT2D eigenvalue weighted by Crippen LogP contribution is 2.44. The largest absolute Gasteiger partial charge is 0.500 e. The van der Waals surface area contributed by atoms with Crippen LogP contribution >= 0.6 is 11.8 Å². The minimum Gasteiger partial charge on any atom is -0.500 e. The Labute approximate surface area is 66.8 Å². The summed E-state index contributed by atoms with van der Waals surface area (Å²) >= 11 is 1.97. The number of rotatable bonds is 3. The lowest BCUT2D eigenvalue weighted by molar-refractivity contribution is 0.233. The average molecular weight is 158 g/mol. The molecule has 10 heavy (non-hydrogen) atoms. The van der Waals surface area contributed by atoms with Gasteiger partial charge in [0.25, 0.3) is 0 Å². The van der Waals surface area contributed by atoms with Crippen molar-refractivity contribution in [1.29, 1.82) is 0 Å². The Kier molecular flexibility index (Phi) is 2.29. The summed E-state index contributed by atoms with van der Waals surface area (Å²) in [6.07, 6.45) is 1.84. The van der Waals surface area contributed by atoms with Crippen LogP contribution in [0.1, 0.15) is 20.8 Å². The molecule has 1 saturated heterocycles. The van der Waals surface area contributed by atoms with Crippen LogP contribution in [-0.4, -0.2) is 17.1 Å². The fourth-order valence-corrected chi connectivity index (χ4v) is 1.07. The van der Waals surface area contributed by atoms with Crippen molar-refractivity contribution in [1.82, 2.24) is 0 Å². The molecule has 0 aromatic rings. The van der Waals surface area contributed by atoms with E-state index in [0.717, 1.165) is 6.61 Å². The summed E-state index contributed by atoms with van der Waals surface area (Å²) in [7, 11) is 0. The van der Waals surface area contributed by atoms with Crippen LogP contribution in [-0.2, 0) is 4.74 Å². The Morgan fingerprint density at radius 2 is 2.30 bits per heavy atom. The second-order valence-electron chi connectivity index (χ2n) is 3.24. The summed E-state index contributed by atoms with van der Waals surface area (Å²) in [5.74, 6) is 1.25. The van der Waals surface area contributed by atoms with E-state index >= 15 is 0 Å². The number of allylic oxidation sites excluding steroid dienone is 1. The highest BCUT2D eigenvalue weighted by atomic mass is 32.2. The smallest absolute Gasteiger partial charge is 0.102 e. The minimum absolute atomic E-state index is 0.436. The molecule has 1 unspecified atom stereocenters. The van der Waals surface area contributed by atoms with E-state index in [1.165, 1.54) is 11.3 Å². The standard InChI is InChI=1S/C8H14OS/c1-7(2)4-9-5-8(3)6-10-8/h4H,5-6H2,1-3H3. The molecule has 1 aliphatic heterocycles. The molecule has 0 aromatic carbocycles.